The second kappa shape index (κ2) is 7.01. The van der Waals surface area contributed by atoms with E-state index in [2.05, 4.69) is 13.2 Å². The van der Waals surface area contributed by atoms with E-state index in [9.17, 15) is 8.78 Å². The molecule has 0 unspecified atom stereocenters. The molecule has 0 aromatic rings. The van der Waals surface area contributed by atoms with Crippen molar-refractivity contribution in [2.45, 2.75) is 13.3 Å². The Kier molecular flexibility index (Phi) is 6.29. The van der Waals surface area contributed by atoms with Gasteiger partial charge in [-0.05, 0) is 6.92 Å². The third-order valence-electron chi connectivity index (χ3n) is 1.39. The summed E-state index contributed by atoms with van der Waals surface area (Å²) in [6.07, 6.45) is 7.74. The van der Waals surface area contributed by atoms with E-state index in [1.54, 1.807) is 31.2 Å². The topological polar surface area (TPSA) is 0 Å². The van der Waals surface area contributed by atoms with Gasteiger partial charge in [-0.15, -0.1) is 0 Å². The third-order valence-corrected chi connectivity index (χ3v) is 1.39. The van der Waals surface area contributed by atoms with Gasteiger partial charge in [-0.1, -0.05) is 43.0 Å². The first kappa shape index (κ1) is 12.6. The first-order valence-corrected chi connectivity index (χ1v) is 4.21. The van der Waals surface area contributed by atoms with E-state index < -0.39 is 11.7 Å². The Morgan fingerprint density at radius 3 is 2.43 bits per heavy atom. The molecule has 2 heteroatoms. The maximum absolute atomic E-state index is 12.9. The molecule has 0 aliphatic heterocycles. The number of allylic oxidation sites excluding steroid dienone is 8. The van der Waals surface area contributed by atoms with Crippen LogP contribution in [0.4, 0.5) is 8.78 Å². The standard InChI is InChI=1S/C12H14F2/c1-4-5-6-7-10(2)8-12(14)9-11(3)13/h4-7,9H,1,3,8H2,2H3/b6-5-,10-7+,12-9+. The lowest BCUT2D eigenvalue weighted by Crippen LogP contribution is -1.78. The SMILES string of the molecule is C=C/C=C\C=C(/C)C/C(F)=C\C(=C)F. The molecule has 0 rings (SSSR count). The Labute approximate surface area is 83.6 Å². The van der Waals surface area contributed by atoms with Crippen LogP contribution in [0.25, 0.3) is 0 Å². The molecule has 0 amide bonds. The lowest BCUT2D eigenvalue weighted by Gasteiger charge is -1.96. The molecule has 14 heavy (non-hydrogen) atoms. The van der Waals surface area contributed by atoms with Crippen molar-refractivity contribution in [3.63, 3.8) is 0 Å². The number of hydrogen-bond donors (Lipinski definition) is 0. The Morgan fingerprint density at radius 1 is 1.29 bits per heavy atom. The maximum atomic E-state index is 12.9. The van der Waals surface area contributed by atoms with Crippen molar-refractivity contribution in [3.8, 4) is 0 Å². The highest BCUT2D eigenvalue weighted by molar-refractivity contribution is 5.20. The summed E-state index contributed by atoms with van der Waals surface area (Å²) in [6.45, 7) is 8.21. The van der Waals surface area contributed by atoms with E-state index in [4.69, 9.17) is 0 Å². The van der Waals surface area contributed by atoms with Crippen LogP contribution in [0, 0.1) is 0 Å². The molecule has 0 N–H and O–H groups in total. The number of hydrogen-bond acceptors (Lipinski definition) is 0. The third kappa shape index (κ3) is 7.22. The molecular weight excluding hydrogens is 182 g/mol. The van der Waals surface area contributed by atoms with E-state index >= 15 is 0 Å². The van der Waals surface area contributed by atoms with Gasteiger partial charge in [-0.25, -0.2) is 8.78 Å². The normalized spacial score (nSPS) is 13.4. The summed E-state index contributed by atoms with van der Waals surface area (Å²) >= 11 is 0. The van der Waals surface area contributed by atoms with Gasteiger partial charge in [-0.2, -0.15) is 0 Å². The summed E-state index contributed by atoms with van der Waals surface area (Å²) in [7, 11) is 0. The summed E-state index contributed by atoms with van der Waals surface area (Å²) < 4.78 is 25.0. The number of rotatable bonds is 5. The first-order valence-electron chi connectivity index (χ1n) is 4.21. The van der Waals surface area contributed by atoms with E-state index in [1.807, 2.05) is 0 Å². The van der Waals surface area contributed by atoms with Crippen LogP contribution in [0.2, 0.25) is 0 Å². The monoisotopic (exact) mass is 196 g/mol. The molecule has 0 aromatic heterocycles. The first-order chi connectivity index (χ1) is 6.56. The molecule has 0 bridgehead atoms. The van der Waals surface area contributed by atoms with Gasteiger partial charge >= 0.3 is 0 Å². The van der Waals surface area contributed by atoms with Crippen molar-refractivity contribution < 1.29 is 8.78 Å². The van der Waals surface area contributed by atoms with Crippen molar-refractivity contribution in [3.05, 3.63) is 60.8 Å². The van der Waals surface area contributed by atoms with Crippen LogP contribution < -0.4 is 0 Å². The second-order valence-electron chi connectivity index (χ2n) is 2.85. The van der Waals surface area contributed by atoms with Gasteiger partial charge in [0.05, 0.1) is 0 Å². The molecule has 76 valence electrons. The van der Waals surface area contributed by atoms with E-state index in [0.29, 0.717) is 0 Å². The van der Waals surface area contributed by atoms with Gasteiger partial charge in [0.15, 0.2) is 0 Å². The van der Waals surface area contributed by atoms with Crippen molar-refractivity contribution in [1.29, 1.82) is 0 Å². The van der Waals surface area contributed by atoms with Gasteiger partial charge in [0, 0.05) is 12.5 Å². The highest BCUT2D eigenvalue weighted by Gasteiger charge is 1.96. The Morgan fingerprint density at radius 2 is 1.93 bits per heavy atom. The fraction of sp³-hybridized carbons (Fsp3) is 0.167. The van der Waals surface area contributed by atoms with Gasteiger partial charge < -0.3 is 0 Å². The zero-order chi connectivity index (χ0) is 11.0. The molecular formula is C12H14F2. The fourth-order valence-corrected chi connectivity index (χ4v) is 0.845. The van der Waals surface area contributed by atoms with Crippen LogP contribution in [-0.2, 0) is 0 Å². The Hall–Kier alpha value is -1.44. The highest BCUT2D eigenvalue weighted by Crippen LogP contribution is 2.14. The number of halogens is 2. The minimum absolute atomic E-state index is 0.102. The molecule has 0 saturated heterocycles. The molecule has 0 radical (unpaired) electrons. The van der Waals surface area contributed by atoms with Crippen molar-refractivity contribution in [1.82, 2.24) is 0 Å². The lowest BCUT2D eigenvalue weighted by atomic mass is 10.1. The molecule has 0 aromatic carbocycles. The predicted molar refractivity (Wildman–Crippen MR) is 57.2 cm³/mol. The van der Waals surface area contributed by atoms with Gasteiger partial charge in [0.25, 0.3) is 0 Å². The molecule has 0 aliphatic carbocycles. The largest absolute Gasteiger partial charge is 0.211 e. The molecule has 0 saturated carbocycles. The summed E-state index contributed by atoms with van der Waals surface area (Å²) in [4.78, 5) is 0. The molecule has 0 atom stereocenters. The van der Waals surface area contributed by atoms with Crippen LogP contribution in [0.15, 0.2) is 60.8 Å². The van der Waals surface area contributed by atoms with E-state index in [0.717, 1.165) is 11.6 Å². The predicted octanol–water partition coefficient (Wildman–Crippen LogP) is 4.40. The van der Waals surface area contributed by atoms with Crippen LogP contribution in [0.3, 0.4) is 0 Å². The highest BCUT2D eigenvalue weighted by atomic mass is 19.1. The summed E-state index contributed by atoms with van der Waals surface area (Å²) in [5.74, 6) is -1.30. The molecule has 0 heterocycles. The van der Waals surface area contributed by atoms with Crippen molar-refractivity contribution >= 4 is 0 Å². The second-order valence-corrected chi connectivity index (χ2v) is 2.85. The summed E-state index contributed by atoms with van der Waals surface area (Å²) in [5.41, 5.74) is 0.804. The average Bonchev–Trinajstić information content (AvgIpc) is 2.02. The molecule has 0 spiro atoms. The smallest absolute Gasteiger partial charge is 0.118 e. The quantitative estimate of drug-likeness (QED) is 0.571. The maximum Gasteiger partial charge on any atom is 0.118 e. The minimum Gasteiger partial charge on any atom is -0.211 e. The Bertz CT molecular complexity index is 293. The molecule has 0 fully saturated rings. The zero-order valence-corrected chi connectivity index (χ0v) is 8.26. The van der Waals surface area contributed by atoms with Gasteiger partial charge in [0.2, 0.25) is 0 Å². The fourth-order valence-electron chi connectivity index (χ4n) is 0.845. The van der Waals surface area contributed by atoms with Gasteiger partial charge in [0.1, 0.15) is 11.7 Å². The van der Waals surface area contributed by atoms with E-state index in [1.165, 1.54) is 0 Å². The van der Waals surface area contributed by atoms with Crippen molar-refractivity contribution in [2.24, 2.45) is 0 Å². The van der Waals surface area contributed by atoms with Crippen LogP contribution in [0.1, 0.15) is 13.3 Å². The molecule has 0 aliphatic rings. The lowest BCUT2D eigenvalue weighted by molar-refractivity contribution is 0.593. The van der Waals surface area contributed by atoms with Crippen LogP contribution in [0.5, 0.6) is 0 Å². The summed E-state index contributed by atoms with van der Waals surface area (Å²) in [5, 5.41) is 0. The average molecular weight is 196 g/mol. The zero-order valence-electron chi connectivity index (χ0n) is 8.26. The van der Waals surface area contributed by atoms with Gasteiger partial charge in [-0.3, -0.25) is 0 Å². The van der Waals surface area contributed by atoms with Crippen LogP contribution >= 0.6 is 0 Å². The summed E-state index contributed by atoms with van der Waals surface area (Å²) in [6, 6.07) is 0. The van der Waals surface area contributed by atoms with Crippen molar-refractivity contribution in [2.75, 3.05) is 0 Å². The minimum atomic E-state index is -0.767. The van der Waals surface area contributed by atoms with E-state index in [-0.39, 0.29) is 6.42 Å². The van der Waals surface area contributed by atoms with Crippen LogP contribution in [-0.4, -0.2) is 0 Å². The Balaban J connectivity index is 4.24. The molecule has 0 nitrogen and oxygen atoms in total.